The number of hydrogen-bond acceptors (Lipinski definition) is 2. The van der Waals surface area contributed by atoms with Crippen LogP contribution in [0.5, 0.6) is 0 Å². The Labute approximate surface area is 149 Å². The first-order valence-electron chi connectivity index (χ1n) is 7.87. The van der Waals surface area contributed by atoms with Gasteiger partial charge in [0.15, 0.2) is 5.78 Å². The summed E-state index contributed by atoms with van der Waals surface area (Å²) in [5.41, 5.74) is 4.26. The maximum Gasteiger partial charge on any atom is 0.162 e. The smallest absolute Gasteiger partial charge is 0.162 e. The highest BCUT2D eigenvalue weighted by Crippen LogP contribution is 2.30. The first-order chi connectivity index (χ1) is 12.1. The van der Waals surface area contributed by atoms with Crippen molar-refractivity contribution in [3.63, 3.8) is 0 Å². The molecule has 0 saturated heterocycles. The van der Waals surface area contributed by atoms with Crippen molar-refractivity contribution >= 4 is 23.1 Å². The van der Waals surface area contributed by atoms with Crippen molar-refractivity contribution in [2.75, 3.05) is 0 Å². The third-order valence-electron chi connectivity index (χ3n) is 4.36. The van der Waals surface area contributed by atoms with Crippen molar-refractivity contribution in [3.05, 3.63) is 88.0 Å². The maximum absolute atomic E-state index is 13.9. The minimum absolute atomic E-state index is 0.0677. The second-order valence-corrected chi connectivity index (χ2v) is 6.32. The molecule has 25 heavy (non-hydrogen) atoms. The number of rotatable bonds is 2. The first kappa shape index (κ1) is 15.8. The molecule has 0 atom stereocenters. The van der Waals surface area contributed by atoms with Crippen LogP contribution in [0.25, 0.3) is 5.69 Å². The van der Waals surface area contributed by atoms with E-state index in [0.717, 1.165) is 16.9 Å². The van der Waals surface area contributed by atoms with Gasteiger partial charge in [-0.3, -0.25) is 9.79 Å². The van der Waals surface area contributed by atoms with E-state index in [9.17, 15) is 9.18 Å². The number of ketones is 1. The molecule has 0 fully saturated rings. The summed E-state index contributed by atoms with van der Waals surface area (Å²) in [5.74, 6) is -0.831. The van der Waals surface area contributed by atoms with E-state index in [4.69, 9.17) is 16.6 Å². The fourth-order valence-corrected chi connectivity index (χ4v) is 3.36. The van der Waals surface area contributed by atoms with Crippen LogP contribution in [0.2, 0.25) is 5.02 Å². The lowest BCUT2D eigenvalue weighted by Crippen LogP contribution is -2.10. The Balaban J connectivity index is 1.93. The van der Waals surface area contributed by atoms with Gasteiger partial charge in [0, 0.05) is 22.3 Å². The molecule has 0 unspecified atom stereocenters. The predicted molar refractivity (Wildman–Crippen MR) is 96.5 cm³/mol. The van der Waals surface area contributed by atoms with E-state index in [-0.39, 0.29) is 11.3 Å². The molecule has 4 rings (SSSR count). The number of nitrogens with zero attached hydrogens (tertiary/aromatic N) is 2. The van der Waals surface area contributed by atoms with Gasteiger partial charge in [0.2, 0.25) is 0 Å². The molecule has 1 aliphatic heterocycles. The monoisotopic (exact) mass is 352 g/mol. The minimum atomic E-state index is -0.521. The van der Waals surface area contributed by atoms with Crippen LogP contribution in [0.4, 0.5) is 4.39 Å². The Morgan fingerprint density at radius 3 is 2.84 bits per heavy atom. The van der Waals surface area contributed by atoms with E-state index in [2.05, 4.69) is 0 Å². The lowest BCUT2D eigenvalue weighted by Gasteiger charge is -2.12. The molecule has 124 valence electrons. The van der Waals surface area contributed by atoms with Crippen LogP contribution in [0.15, 0.2) is 59.7 Å². The van der Waals surface area contributed by atoms with Crippen LogP contribution in [0.1, 0.15) is 34.1 Å². The van der Waals surface area contributed by atoms with Crippen molar-refractivity contribution in [2.45, 2.75) is 13.5 Å². The summed E-state index contributed by atoms with van der Waals surface area (Å²) in [5, 5.41) is 0.658. The summed E-state index contributed by atoms with van der Waals surface area (Å²) in [6.45, 7) is 1.77. The molecule has 3 nitrogen and oxygen atoms in total. The van der Waals surface area contributed by atoms with Crippen molar-refractivity contribution in [3.8, 4) is 5.69 Å². The highest BCUT2D eigenvalue weighted by molar-refractivity contribution is 6.31. The average Bonchev–Trinajstić information content (AvgIpc) is 3.00. The number of hydrogen-bond donors (Lipinski definition) is 0. The zero-order valence-electron chi connectivity index (χ0n) is 13.5. The quantitative estimate of drug-likeness (QED) is 0.609. The lowest BCUT2D eigenvalue weighted by atomic mass is 10.0. The standard InChI is InChI=1S/C20H14ClFN2O/c1-12(25)14-10-13(7-8-17(14)22)20-19-6-3-9-24(19)18-5-2-4-16(21)15(18)11-23-20/h2-10H,11H2,1H3. The Morgan fingerprint density at radius 2 is 2.04 bits per heavy atom. The summed E-state index contributed by atoms with van der Waals surface area (Å²) in [7, 11) is 0. The highest BCUT2D eigenvalue weighted by atomic mass is 35.5. The van der Waals surface area contributed by atoms with Crippen LogP contribution >= 0.6 is 11.6 Å². The number of benzene rings is 2. The van der Waals surface area contributed by atoms with Crippen molar-refractivity contribution in [1.29, 1.82) is 0 Å². The van der Waals surface area contributed by atoms with Crippen LogP contribution in [0.3, 0.4) is 0 Å². The molecule has 0 spiro atoms. The molecule has 3 aromatic rings. The summed E-state index contributed by atoms with van der Waals surface area (Å²) in [4.78, 5) is 16.4. The molecule has 1 aromatic heterocycles. The number of fused-ring (bicyclic) bond motifs is 3. The molecule has 0 saturated carbocycles. The molecule has 2 heterocycles. The highest BCUT2D eigenvalue weighted by Gasteiger charge is 2.20. The van der Waals surface area contributed by atoms with Gasteiger partial charge in [-0.2, -0.15) is 0 Å². The Morgan fingerprint density at radius 1 is 1.20 bits per heavy atom. The van der Waals surface area contributed by atoms with Crippen molar-refractivity contribution in [2.24, 2.45) is 4.99 Å². The molecular formula is C20H14ClFN2O. The predicted octanol–water partition coefficient (Wildman–Crippen LogP) is 4.82. The fourth-order valence-electron chi connectivity index (χ4n) is 3.13. The third-order valence-corrected chi connectivity index (χ3v) is 4.71. The number of halogens is 2. The molecule has 0 N–H and O–H groups in total. The van der Waals surface area contributed by atoms with Gasteiger partial charge in [-0.05, 0) is 49.4 Å². The number of carbonyl (C=O) groups is 1. The van der Waals surface area contributed by atoms with Crippen molar-refractivity contribution < 1.29 is 9.18 Å². The van der Waals surface area contributed by atoms with Gasteiger partial charge in [0.25, 0.3) is 0 Å². The second kappa shape index (κ2) is 5.97. The molecular weight excluding hydrogens is 339 g/mol. The molecule has 0 amide bonds. The Bertz CT molecular complexity index is 1040. The normalized spacial score (nSPS) is 12.8. The van der Waals surface area contributed by atoms with Crippen LogP contribution in [0, 0.1) is 5.82 Å². The third kappa shape index (κ3) is 2.59. The van der Waals surface area contributed by atoms with E-state index < -0.39 is 5.82 Å². The van der Waals surface area contributed by atoms with E-state index in [1.807, 2.05) is 41.1 Å². The molecule has 0 aliphatic carbocycles. The van der Waals surface area contributed by atoms with E-state index in [1.54, 1.807) is 12.1 Å². The van der Waals surface area contributed by atoms with E-state index >= 15 is 0 Å². The number of aliphatic imine (C=N–C) groups is 1. The zero-order chi connectivity index (χ0) is 17.6. The van der Waals surface area contributed by atoms with Crippen molar-refractivity contribution in [1.82, 2.24) is 4.57 Å². The number of aromatic nitrogens is 1. The van der Waals surface area contributed by atoms with Gasteiger partial charge >= 0.3 is 0 Å². The number of Topliss-reactive ketones (excluding diaryl/α,β-unsaturated/α-hetero) is 1. The van der Waals surface area contributed by atoms with E-state index in [1.165, 1.54) is 13.0 Å². The Kier molecular flexibility index (Phi) is 3.77. The summed E-state index contributed by atoms with van der Waals surface area (Å²) in [6, 6.07) is 14.1. The maximum atomic E-state index is 13.9. The minimum Gasteiger partial charge on any atom is -0.315 e. The van der Waals surface area contributed by atoms with Gasteiger partial charge in [-0.1, -0.05) is 17.7 Å². The summed E-state index contributed by atoms with van der Waals surface area (Å²) in [6.07, 6.45) is 1.95. The van der Waals surface area contributed by atoms with Crippen LogP contribution in [-0.2, 0) is 6.54 Å². The second-order valence-electron chi connectivity index (χ2n) is 5.92. The average molecular weight is 353 g/mol. The zero-order valence-corrected chi connectivity index (χ0v) is 14.2. The molecule has 2 aromatic carbocycles. The Hall–Kier alpha value is -2.72. The topological polar surface area (TPSA) is 34.4 Å². The van der Waals surface area contributed by atoms with E-state index in [0.29, 0.717) is 22.8 Å². The lowest BCUT2D eigenvalue weighted by molar-refractivity contribution is 0.101. The molecule has 1 aliphatic rings. The molecule has 0 bridgehead atoms. The van der Waals surface area contributed by atoms with Gasteiger partial charge in [0.1, 0.15) is 5.82 Å². The largest absolute Gasteiger partial charge is 0.315 e. The summed E-state index contributed by atoms with van der Waals surface area (Å²) >= 11 is 6.35. The SMILES string of the molecule is CC(=O)c1cc(C2=NCc3c(Cl)cccc3-n3cccc32)ccc1F. The van der Waals surface area contributed by atoms with Gasteiger partial charge < -0.3 is 4.57 Å². The molecule has 5 heteroatoms. The summed E-state index contributed by atoms with van der Waals surface area (Å²) < 4.78 is 15.9. The van der Waals surface area contributed by atoms with Gasteiger partial charge in [-0.25, -0.2) is 4.39 Å². The first-order valence-corrected chi connectivity index (χ1v) is 8.25. The number of carbonyl (C=O) groups excluding carboxylic acids is 1. The molecule has 0 radical (unpaired) electrons. The van der Waals surface area contributed by atoms with Crippen LogP contribution in [-0.4, -0.2) is 16.1 Å². The van der Waals surface area contributed by atoms with Gasteiger partial charge in [0.05, 0.1) is 29.2 Å². The van der Waals surface area contributed by atoms with Crippen LogP contribution < -0.4 is 0 Å². The van der Waals surface area contributed by atoms with Gasteiger partial charge in [-0.15, -0.1) is 0 Å². The fraction of sp³-hybridized carbons (Fsp3) is 0.100.